The summed E-state index contributed by atoms with van der Waals surface area (Å²) in [7, 11) is 4.43. The van der Waals surface area contributed by atoms with Gasteiger partial charge in [-0.25, -0.2) is 0 Å². The van der Waals surface area contributed by atoms with E-state index in [0.29, 0.717) is 45.7 Å². The molecule has 1 atom stereocenters. The Morgan fingerprint density at radius 1 is 0.951 bits per heavy atom. The van der Waals surface area contributed by atoms with Crippen LogP contribution in [0, 0.1) is 0 Å². The molecule has 10 nitrogen and oxygen atoms in total. The molecule has 0 radical (unpaired) electrons. The molecule has 11 heteroatoms. The first-order valence-electron chi connectivity index (χ1n) is 13.0. The minimum atomic E-state index is -1.17. The lowest BCUT2D eigenvalue weighted by Crippen LogP contribution is -2.51. The molecule has 0 aliphatic heterocycles. The predicted molar refractivity (Wildman–Crippen MR) is 158 cm³/mol. The van der Waals surface area contributed by atoms with E-state index in [-0.39, 0.29) is 12.5 Å². The zero-order chi connectivity index (χ0) is 30.2. The van der Waals surface area contributed by atoms with E-state index in [1.54, 1.807) is 53.9 Å². The van der Waals surface area contributed by atoms with E-state index < -0.39 is 23.4 Å². The van der Waals surface area contributed by atoms with Crippen LogP contribution in [0.2, 0.25) is 0 Å². The topological polar surface area (TPSA) is 115 Å². The van der Waals surface area contributed by atoms with Crippen molar-refractivity contribution in [2.24, 2.45) is 0 Å². The van der Waals surface area contributed by atoms with Gasteiger partial charge in [-0.05, 0) is 81.1 Å². The number of nitrogens with one attached hydrogen (secondary N) is 2. The maximum atomic E-state index is 14.0. The molecule has 0 aliphatic carbocycles. The Bertz CT molecular complexity index is 1310. The van der Waals surface area contributed by atoms with Crippen molar-refractivity contribution in [2.45, 2.75) is 39.3 Å². The average Bonchev–Trinajstić information content (AvgIpc) is 3.48. The van der Waals surface area contributed by atoms with Gasteiger partial charge in [-0.3, -0.25) is 19.3 Å². The number of nitrogens with zero attached hydrogens (tertiary/aromatic N) is 1. The third kappa shape index (κ3) is 7.91. The van der Waals surface area contributed by atoms with Gasteiger partial charge in [0.15, 0.2) is 11.5 Å². The fraction of sp³-hybridized carbons (Fsp3) is 0.367. The second-order valence-electron chi connectivity index (χ2n) is 9.95. The van der Waals surface area contributed by atoms with E-state index in [9.17, 15) is 14.4 Å². The predicted octanol–water partition coefficient (Wildman–Crippen LogP) is 4.59. The van der Waals surface area contributed by atoms with Gasteiger partial charge in [0, 0.05) is 11.2 Å². The van der Waals surface area contributed by atoms with Gasteiger partial charge in [-0.2, -0.15) is 0 Å². The van der Waals surface area contributed by atoms with Crippen LogP contribution in [0.4, 0.5) is 5.69 Å². The molecule has 0 saturated heterocycles. The Morgan fingerprint density at radius 2 is 1.59 bits per heavy atom. The van der Waals surface area contributed by atoms with Crippen LogP contribution in [0.5, 0.6) is 23.0 Å². The van der Waals surface area contributed by atoms with Crippen LogP contribution < -0.4 is 34.5 Å². The summed E-state index contributed by atoms with van der Waals surface area (Å²) in [6, 6.07) is 12.3. The number of ether oxygens (including phenoxy) is 4. The van der Waals surface area contributed by atoms with Crippen LogP contribution in [0.3, 0.4) is 0 Å². The molecule has 2 aromatic carbocycles. The number of anilines is 1. The minimum Gasteiger partial charge on any atom is -0.494 e. The number of hydrogen-bond donors (Lipinski definition) is 2. The van der Waals surface area contributed by atoms with Crippen molar-refractivity contribution in [1.29, 1.82) is 0 Å². The molecular formula is C30H37N3O7S. The first-order valence-corrected chi connectivity index (χ1v) is 13.9. The third-order valence-corrected chi connectivity index (χ3v) is 6.72. The lowest BCUT2D eigenvalue weighted by atomic mass is 9.99. The van der Waals surface area contributed by atoms with Crippen molar-refractivity contribution < 1.29 is 33.3 Å². The first-order chi connectivity index (χ1) is 19.5. The largest absolute Gasteiger partial charge is 0.494 e. The summed E-state index contributed by atoms with van der Waals surface area (Å²) in [4.78, 5) is 42.5. The Morgan fingerprint density at radius 3 is 2.07 bits per heavy atom. The van der Waals surface area contributed by atoms with Gasteiger partial charge in [-0.1, -0.05) is 6.07 Å². The summed E-state index contributed by atoms with van der Waals surface area (Å²) >= 11 is 1.27. The van der Waals surface area contributed by atoms with Crippen molar-refractivity contribution in [3.63, 3.8) is 0 Å². The molecule has 0 saturated carbocycles. The second kappa shape index (κ2) is 13.9. The van der Waals surface area contributed by atoms with Crippen molar-refractivity contribution in [3.8, 4) is 23.0 Å². The van der Waals surface area contributed by atoms with E-state index in [1.807, 2.05) is 27.7 Å². The number of rotatable bonds is 12. The fourth-order valence-electron chi connectivity index (χ4n) is 4.16. The molecule has 0 spiro atoms. The molecule has 0 bridgehead atoms. The number of carbonyl (C=O) groups excluding carboxylic acids is 3. The van der Waals surface area contributed by atoms with Crippen LogP contribution in [0.1, 0.15) is 49.0 Å². The number of benzene rings is 2. The zero-order valence-electron chi connectivity index (χ0n) is 24.4. The van der Waals surface area contributed by atoms with Gasteiger partial charge in [-0.15, -0.1) is 11.3 Å². The molecule has 2 N–H and O–H groups in total. The van der Waals surface area contributed by atoms with Crippen LogP contribution in [-0.2, 0) is 9.59 Å². The van der Waals surface area contributed by atoms with E-state index in [1.165, 1.54) is 37.6 Å². The summed E-state index contributed by atoms with van der Waals surface area (Å²) in [6.45, 7) is 7.54. The van der Waals surface area contributed by atoms with Crippen LogP contribution in [-0.4, -0.2) is 57.7 Å². The summed E-state index contributed by atoms with van der Waals surface area (Å²) in [6.07, 6.45) is 0. The van der Waals surface area contributed by atoms with Gasteiger partial charge in [0.25, 0.3) is 5.91 Å². The smallest absolute Gasteiger partial charge is 0.261 e. The Hall–Kier alpha value is -4.25. The van der Waals surface area contributed by atoms with Gasteiger partial charge in [0.2, 0.25) is 17.6 Å². The highest BCUT2D eigenvalue weighted by atomic mass is 32.1. The van der Waals surface area contributed by atoms with E-state index in [4.69, 9.17) is 18.9 Å². The third-order valence-electron chi connectivity index (χ3n) is 5.85. The molecular weight excluding hydrogens is 546 g/mol. The zero-order valence-corrected chi connectivity index (χ0v) is 25.2. The van der Waals surface area contributed by atoms with E-state index >= 15 is 0 Å². The number of methoxy groups -OCH3 is 3. The Balaban J connectivity index is 2.16. The van der Waals surface area contributed by atoms with Crippen LogP contribution in [0.15, 0.2) is 53.9 Å². The van der Waals surface area contributed by atoms with E-state index in [2.05, 4.69) is 10.6 Å². The quantitative estimate of drug-likeness (QED) is 0.320. The van der Waals surface area contributed by atoms with Crippen LogP contribution in [0.25, 0.3) is 0 Å². The van der Waals surface area contributed by atoms with Gasteiger partial charge >= 0.3 is 0 Å². The van der Waals surface area contributed by atoms with Crippen LogP contribution >= 0.6 is 11.3 Å². The van der Waals surface area contributed by atoms with Gasteiger partial charge in [0.1, 0.15) is 11.8 Å². The molecule has 41 heavy (non-hydrogen) atoms. The normalized spacial score (nSPS) is 11.7. The minimum absolute atomic E-state index is 0.320. The standard InChI is InChI=1S/C30H37N3O7S/c1-8-40-21-13-11-20(12-14-21)33(25(34)18-31-28(35)24-10-9-15-41-24)26(29(36)32-30(2,3)4)19-16-22(37-5)27(39-7)23(17-19)38-6/h9-17,26H,8,18H2,1-7H3,(H,31,35)(H,32,36)/t26-/m0/s1. The average molecular weight is 584 g/mol. The summed E-state index contributed by atoms with van der Waals surface area (Å²) in [5.41, 5.74) is 0.219. The molecule has 0 fully saturated rings. The molecule has 1 heterocycles. The SMILES string of the molecule is CCOc1ccc(N(C(=O)CNC(=O)c2cccs2)[C@H](C(=O)NC(C)(C)C)c2cc(OC)c(OC)c(OC)c2)cc1. The summed E-state index contributed by atoms with van der Waals surface area (Å²) in [5.74, 6) is 0.249. The molecule has 220 valence electrons. The number of thiophene rings is 1. The highest BCUT2D eigenvalue weighted by Gasteiger charge is 2.36. The second-order valence-corrected chi connectivity index (χ2v) is 10.9. The summed E-state index contributed by atoms with van der Waals surface area (Å²) < 4.78 is 22.1. The first kappa shape index (κ1) is 31.3. The lowest BCUT2D eigenvalue weighted by Gasteiger charge is -2.34. The Kier molecular flexibility index (Phi) is 10.6. The highest BCUT2D eigenvalue weighted by Crippen LogP contribution is 2.42. The number of carbonyl (C=O) groups is 3. The Labute approximate surface area is 244 Å². The molecule has 3 rings (SSSR count). The molecule has 1 aromatic heterocycles. The van der Waals surface area contributed by atoms with E-state index in [0.717, 1.165) is 0 Å². The van der Waals surface area contributed by atoms with Crippen molar-refractivity contribution in [2.75, 3.05) is 39.4 Å². The lowest BCUT2D eigenvalue weighted by molar-refractivity contribution is -0.127. The monoisotopic (exact) mass is 583 g/mol. The molecule has 0 unspecified atom stereocenters. The summed E-state index contributed by atoms with van der Waals surface area (Å²) in [5, 5.41) is 7.45. The van der Waals surface area contributed by atoms with Crippen molar-refractivity contribution in [3.05, 3.63) is 64.4 Å². The molecule has 0 aliphatic rings. The number of hydrogen-bond acceptors (Lipinski definition) is 8. The van der Waals surface area contributed by atoms with Crippen molar-refractivity contribution >= 4 is 34.7 Å². The maximum absolute atomic E-state index is 14.0. The number of amides is 3. The highest BCUT2D eigenvalue weighted by molar-refractivity contribution is 7.12. The van der Waals surface area contributed by atoms with Gasteiger partial charge < -0.3 is 29.6 Å². The fourth-order valence-corrected chi connectivity index (χ4v) is 4.80. The van der Waals surface area contributed by atoms with Crippen molar-refractivity contribution in [1.82, 2.24) is 10.6 Å². The molecule has 3 amide bonds. The van der Waals surface area contributed by atoms with Gasteiger partial charge in [0.05, 0.1) is 39.4 Å². The maximum Gasteiger partial charge on any atom is 0.261 e. The molecule has 3 aromatic rings.